The van der Waals surface area contributed by atoms with Crippen molar-refractivity contribution in [2.75, 3.05) is 12.0 Å². The van der Waals surface area contributed by atoms with E-state index < -0.39 is 12.6 Å². The molecular weight excluding hydrogens is 456 g/mol. The molecule has 1 aromatic heterocycles. The molecule has 1 aliphatic heterocycles. The number of imide groups is 1. The number of aromatic nitrogens is 2. The van der Waals surface area contributed by atoms with Crippen LogP contribution in [0, 0.1) is 0 Å². The monoisotopic (exact) mass is 473 g/mol. The first-order chi connectivity index (χ1) is 16.4. The zero-order chi connectivity index (χ0) is 24.2. The number of ether oxygens (including phenoxy) is 3. The lowest BCUT2D eigenvalue weighted by atomic mass is 10.2. The SMILES string of the molecule is COc1cc(-c2noc(COC(=O)c3ccc(N4C(=O)CCC4=O)cc3)n2)ccc1OC(F)F. The van der Waals surface area contributed by atoms with Gasteiger partial charge in [-0.1, -0.05) is 5.16 Å². The maximum atomic E-state index is 12.5. The van der Waals surface area contributed by atoms with Crippen molar-refractivity contribution < 1.29 is 41.9 Å². The lowest BCUT2D eigenvalue weighted by molar-refractivity contribution is -0.121. The van der Waals surface area contributed by atoms with E-state index in [1.165, 1.54) is 49.6 Å². The van der Waals surface area contributed by atoms with Gasteiger partial charge in [-0.25, -0.2) is 4.79 Å². The Kier molecular flexibility index (Phi) is 6.48. The maximum Gasteiger partial charge on any atom is 0.387 e. The van der Waals surface area contributed by atoms with E-state index in [1.54, 1.807) is 0 Å². The summed E-state index contributed by atoms with van der Waals surface area (Å²) in [7, 11) is 1.30. The van der Waals surface area contributed by atoms with E-state index in [-0.39, 0.29) is 60.0 Å². The summed E-state index contributed by atoms with van der Waals surface area (Å²) >= 11 is 0. The molecule has 0 spiro atoms. The third-order valence-corrected chi connectivity index (χ3v) is 4.85. The molecule has 2 aromatic carbocycles. The summed E-state index contributed by atoms with van der Waals surface area (Å²) < 4.78 is 44.6. The molecule has 10 nitrogen and oxygen atoms in total. The van der Waals surface area contributed by atoms with Crippen molar-refractivity contribution in [1.82, 2.24) is 10.1 Å². The zero-order valence-corrected chi connectivity index (χ0v) is 17.7. The molecule has 2 heterocycles. The predicted molar refractivity (Wildman–Crippen MR) is 110 cm³/mol. The Labute approximate surface area is 191 Å². The molecule has 1 fully saturated rings. The molecule has 0 aliphatic carbocycles. The molecule has 0 bridgehead atoms. The second-order valence-corrected chi connectivity index (χ2v) is 7.00. The highest BCUT2D eigenvalue weighted by Crippen LogP contribution is 2.32. The molecule has 2 amide bonds. The van der Waals surface area contributed by atoms with E-state index in [1.807, 2.05) is 0 Å². The van der Waals surface area contributed by atoms with Crippen LogP contribution in [-0.2, 0) is 20.9 Å². The normalized spacial score (nSPS) is 13.5. The van der Waals surface area contributed by atoms with Gasteiger partial charge in [0.25, 0.3) is 5.89 Å². The summed E-state index contributed by atoms with van der Waals surface area (Å²) in [6.07, 6.45) is 0.324. The van der Waals surface area contributed by atoms with Crippen molar-refractivity contribution >= 4 is 23.5 Å². The van der Waals surface area contributed by atoms with Crippen LogP contribution in [0.25, 0.3) is 11.4 Å². The Balaban J connectivity index is 1.39. The van der Waals surface area contributed by atoms with Crippen LogP contribution >= 0.6 is 0 Å². The van der Waals surface area contributed by atoms with Crippen LogP contribution in [0.15, 0.2) is 47.0 Å². The van der Waals surface area contributed by atoms with Gasteiger partial charge in [-0.2, -0.15) is 13.8 Å². The lowest BCUT2D eigenvalue weighted by Crippen LogP contribution is -2.28. The first-order valence-electron chi connectivity index (χ1n) is 9.94. The molecule has 4 rings (SSSR count). The Morgan fingerprint density at radius 1 is 1.09 bits per heavy atom. The molecule has 0 radical (unpaired) electrons. The Bertz CT molecular complexity index is 1210. The Morgan fingerprint density at radius 2 is 1.79 bits per heavy atom. The van der Waals surface area contributed by atoms with E-state index in [2.05, 4.69) is 14.9 Å². The van der Waals surface area contributed by atoms with Crippen molar-refractivity contribution in [3.8, 4) is 22.9 Å². The number of methoxy groups -OCH3 is 1. The van der Waals surface area contributed by atoms with E-state index in [0.717, 1.165) is 4.90 Å². The summed E-state index contributed by atoms with van der Waals surface area (Å²) in [6.45, 7) is -3.33. The number of hydrogen-bond acceptors (Lipinski definition) is 9. The van der Waals surface area contributed by atoms with Gasteiger partial charge in [-0.15, -0.1) is 0 Å². The summed E-state index contributed by atoms with van der Waals surface area (Å²) in [4.78, 5) is 41.1. The maximum absolute atomic E-state index is 12.5. The third kappa shape index (κ3) is 4.85. The Hall–Kier alpha value is -4.35. The first kappa shape index (κ1) is 22.8. The van der Waals surface area contributed by atoms with Crippen LogP contribution in [0.5, 0.6) is 11.5 Å². The number of esters is 1. The van der Waals surface area contributed by atoms with Gasteiger partial charge in [0.05, 0.1) is 18.4 Å². The van der Waals surface area contributed by atoms with E-state index in [4.69, 9.17) is 14.0 Å². The third-order valence-electron chi connectivity index (χ3n) is 4.85. The van der Waals surface area contributed by atoms with Crippen LogP contribution in [0.1, 0.15) is 29.1 Å². The molecule has 1 saturated heterocycles. The van der Waals surface area contributed by atoms with Crippen molar-refractivity contribution in [3.05, 3.63) is 53.9 Å². The van der Waals surface area contributed by atoms with E-state index >= 15 is 0 Å². The summed E-state index contributed by atoms with van der Waals surface area (Å²) in [5, 5.41) is 3.78. The molecule has 1 aliphatic rings. The summed E-state index contributed by atoms with van der Waals surface area (Å²) in [5.41, 5.74) is 0.981. The van der Waals surface area contributed by atoms with Crippen LogP contribution in [0.2, 0.25) is 0 Å². The standard InChI is InChI=1S/C22H17F2N3O7/c1-31-16-10-13(4-7-15(16)33-22(23)24)20-25-17(34-26-20)11-32-21(30)12-2-5-14(6-3-12)27-18(28)8-9-19(27)29/h2-7,10,22H,8-9,11H2,1H3. The number of nitrogens with zero attached hydrogens (tertiary/aromatic N) is 3. The molecule has 0 saturated carbocycles. The van der Waals surface area contributed by atoms with Crippen molar-refractivity contribution in [2.24, 2.45) is 0 Å². The molecule has 0 atom stereocenters. The highest BCUT2D eigenvalue weighted by molar-refractivity contribution is 6.19. The van der Waals surface area contributed by atoms with Gasteiger partial charge in [-0.05, 0) is 42.5 Å². The predicted octanol–water partition coefficient (Wildman–Crippen LogP) is 3.36. The second kappa shape index (κ2) is 9.65. The number of carbonyl (C=O) groups is 3. The highest BCUT2D eigenvalue weighted by atomic mass is 19.3. The van der Waals surface area contributed by atoms with Crippen LogP contribution in [0.3, 0.4) is 0 Å². The number of rotatable bonds is 8. The molecule has 176 valence electrons. The van der Waals surface area contributed by atoms with E-state index in [0.29, 0.717) is 11.3 Å². The molecule has 3 aromatic rings. The molecular formula is C22H17F2N3O7. The fourth-order valence-corrected chi connectivity index (χ4v) is 3.25. The van der Waals surface area contributed by atoms with Gasteiger partial charge < -0.3 is 18.7 Å². The van der Waals surface area contributed by atoms with Gasteiger partial charge in [0.15, 0.2) is 18.1 Å². The quantitative estimate of drug-likeness (QED) is 0.358. The number of carbonyl (C=O) groups excluding carboxylic acids is 3. The number of benzene rings is 2. The molecule has 0 unspecified atom stereocenters. The van der Waals surface area contributed by atoms with Gasteiger partial charge in [0.1, 0.15) is 0 Å². The van der Waals surface area contributed by atoms with Gasteiger partial charge in [0.2, 0.25) is 17.6 Å². The fraction of sp³-hybridized carbons (Fsp3) is 0.227. The smallest absolute Gasteiger partial charge is 0.387 e. The van der Waals surface area contributed by atoms with Crippen molar-refractivity contribution in [2.45, 2.75) is 26.1 Å². The summed E-state index contributed by atoms with van der Waals surface area (Å²) in [5.74, 6) is -1.24. The largest absolute Gasteiger partial charge is 0.493 e. The molecule has 12 heteroatoms. The zero-order valence-electron chi connectivity index (χ0n) is 17.7. The average molecular weight is 473 g/mol. The van der Waals surface area contributed by atoms with E-state index in [9.17, 15) is 23.2 Å². The van der Waals surface area contributed by atoms with Gasteiger partial charge >= 0.3 is 12.6 Å². The number of hydrogen-bond donors (Lipinski definition) is 0. The summed E-state index contributed by atoms with van der Waals surface area (Å²) in [6, 6.07) is 9.96. The lowest BCUT2D eigenvalue weighted by Gasteiger charge is -2.13. The highest BCUT2D eigenvalue weighted by Gasteiger charge is 2.30. The second-order valence-electron chi connectivity index (χ2n) is 7.00. The minimum absolute atomic E-state index is 0.0000963. The topological polar surface area (TPSA) is 121 Å². The van der Waals surface area contributed by atoms with Crippen molar-refractivity contribution in [1.29, 1.82) is 0 Å². The number of halogens is 2. The molecule has 0 N–H and O–H groups in total. The number of amides is 2. The average Bonchev–Trinajstić information content (AvgIpc) is 3.43. The van der Waals surface area contributed by atoms with Crippen LogP contribution in [-0.4, -0.2) is 41.6 Å². The number of alkyl halides is 2. The van der Waals surface area contributed by atoms with Crippen LogP contribution in [0.4, 0.5) is 14.5 Å². The first-order valence-corrected chi connectivity index (χ1v) is 9.94. The fourth-order valence-electron chi connectivity index (χ4n) is 3.25. The number of anilines is 1. The van der Waals surface area contributed by atoms with Gasteiger partial charge in [-0.3, -0.25) is 14.5 Å². The Morgan fingerprint density at radius 3 is 2.44 bits per heavy atom. The van der Waals surface area contributed by atoms with Crippen LogP contribution < -0.4 is 14.4 Å². The minimum Gasteiger partial charge on any atom is -0.493 e. The minimum atomic E-state index is -3.01. The molecule has 34 heavy (non-hydrogen) atoms. The van der Waals surface area contributed by atoms with Gasteiger partial charge in [0, 0.05) is 18.4 Å². The van der Waals surface area contributed by atoms with Crippen molar-refractivity contribution in [3.63, 3.8) is 0 Å².